The molecule has 0 aliphatic carbocycles. The molecule has 9 nitrogen and oxygen atoms in total. The summed E-state index contributed by atoms with van der Waals surface area (Å²) in [7, 11) is 2.76. The third-order valence-corrected chi connectivity index (χ3v) is 5.01. The molecule has 1 N–H and O–H groups in total. The van der Waals surface area contributed by atoms with Gasteiger partial charge >= 0.3 is 5.97 Å². The Kier molecular flexibility index (Phi) is 8.20. The Labute approximate surface area is 172 Å². The molecule has 0 atom stereocenters. The van der Waals surface area contributed by atoms with Crippen molar-refractivity contribution >= 4 is 40.4 Å². The van der Waals surface area contributed by atoms with Crippen LogP contribution in [0.25, 0.3) is 10.9 Å². The number of methoxy groups -OCH3 is 1. The van der Waals surface area contributed by atoms with E-state index in [1.165, 1.54) is 23.6 Å². The predicted molar refractivity (Wildman–Crippen MR) is 110 cm³/mol. The summed E-state index contributed by atoms with van der Waals surface area (Å²) in [6.07, 6.45) is 0.810. The lowest BCUT2D eigenvalue weighted by Gasteiger charge is -2.17. The summed E-state index contributed by atoms with van der Waals surface area (Å²) in [5, 5.41) is 3.31. The molecule has 1 heterocycles. The van der Waals surface area contributed by atoms with Gasteiger partial charge in [-0.25, -0.2) is 4.98 Å². The molecule has 29 heavy (non-hydrogen) atoms. The van der Waals surface area contributed by atoms with Crippen molar-refractivity contribution < 1.29 is 19.1 Å². The highest BCUT2D eigenvalue weighted by atomic mass is 32.2. The number of carbonyl (C=O) groups is 3. The van der Waals surface area contributed by atoms with Crippen LogP contribution in [0.4, 0.5) is 0 Å². The minimum Gasteiger partial charge on any atom is -0.468 e. The van der Waals surface area contributed by atoms with Crippen LogP contribution in [0.1, 0.15) is 13.3 Å². The van der Waals surface area contributed by atoms with E-state index < -0.39 is 5.97 Å². The first kappa shape index (κ1) is 22.4. The second-order valence-electron chi connectivity index (χ2n) is 6.27. The highest BCUT2D eigenvalue weighted by molar-refractivity contribution is 7.99. The second kappa shape index (κ2) is 10.6. The molecule has 0 unspecified atom stereocenters. The zero-order valence-electron chi connectivity index (χ0n) is 16.6. The zero-order chi connectivity index (χ0) is 21.4. The van der Waals surface area contributed by atoms with Crippen LogP contribution < -0.4 is 10.9 Å². The Morgan fingerprint density at radius 3 is 2.69 bits per heavy atom. The number of thioether (sulfide) groups is 1. The van der Waals surface area contributed by atoms with Gasteiger partial charge in [0.25, 0.3) is 5.56 Å². The number of amides is 2. The first-order valence-corrected chi connectivity index (χ1v) is 10.1. The lowest BCUT2D eigenvalue weighted by atomic mass is 10.2. The minimum atomic E-state index is -0.595. The number of hydrogen-bond donors (Lipinski definition) is 1. The number of ether oxygens (including phenoxy) is 1. The Balaban J connectivity index is 2.18. The Hall–Kier alpha value is -2.88. The summed E-state index contributed by atoms with van der Waals surface area (Å²) in [6, 6.07) is 6.78. The molecule has 0 aliphatic heterocycles. The van der Waals surface area contributed by atoms with E-state index >= 15 is 0 Å². The number of likely N-dealkylation sites (N-methyl/N-ethyl adjacent to an activating group) is 1. The molecule has 0 saturated heterocycles. The fraction of sp³-hybridized carbons (Fsp3) is 0.421. The molecule has 156 valence electrons. The molecular formula is C19H24N4O5S. The SMILES string of the molecule is CCCNC(=O)CN(C)C(=O)CSc1nc2ccccc2c(=O)n1CC(=O)OC. The Bertz CT molecular complexity index is 959. The van der Waals surface area contributed by atoms with Crippen LogP contribution in [0.5, 0.6) is 0 Å². The Morgan fingerprint density at radius 2 is 2.00 bits per heavy atom. The average molecular weight is 420 g/mol. The van der Waals surface area contributed by atoms with Gasteiger partial charge in [-0.3, -0.25) is 23.7 Å². The van der Waals surface area contributed by atoms with Crippen LogP contribution in [0.15, 0.2) is 34.2 Å². The summed E-state index contributed by atoms with van der Waals surface area (Å²) in [5.41, 5.74) is 0.0871. The van der Waals surface area contributed by atoms with Gasteiger partial charge in [-0.2, -0.15) is 0 Å². The van der Waals surface area contributed by atoms with E-state index in [1.54, 1.807) is 24.3 Å². The Morgan fingerprint density at radius 1 is 1.28 bits per heavy atom. The molecule has 2 rings (SSSR count). The van der Waals surface area contributed by atoms with Crippen LogP contribution in [-0.4, -0.2) is 65.2 Å². The van der Waals surface area contributed by atoms with Crippen molar-refractivity contribution in [3.8, 4) is 0 Å². The third-order valence-electron chi connectivity index (χ3n) is 4.04. The average Bonchev–Trinajstić information content (AvgIpc) is 2.72. The van der Waals surface area contributed by atoms with Gasteiger partial charge in [0.15, 0.2) is 5.16 Å². The molecule has 0 bridgehead atoms. The summed E-state index contributed by atoms with van der Waals surface area (Å²) in [5.74, 6) is -1.17. The normalized spacial score (nSPS) is 10.6. The number of aromatic nitrogens is 2. The van der Waals surface area contributed by atoms with E-state index in [0.717, 1.165) is 18.2 Å². The van der Waals surface area contributed by atoms with Crippen LogP contribution in [0, 0.1) is 0 Å². The monoisotopic (exact) mass is 420 g/mol. The molecule has 0 fully saturated rings. The maximum absolute atomic E-state index is 12.8. The van der Waals surface area contributed by atoms with Gasteiger partial charge in [0.1, 0.15) is 6.54 Å². The van der Waals surface area contributed by atoms with Gasteiger partial charge in [-0.05, 0) is 18.6 Å². The van der Waals surface area contributed by atoms with E-state index in [0.29, 0.717) is 17.4 Å². The lowest BCUT2D eigenvalue weighted by molar-refractivity contribution is -0.141. The maximum Gasteiger partial charge on any atom is 0.325 e. The quantitative estimate of drug-likeness (QED) is 0.360. The summed E-state index contributed by atoms with van der Waals surface area (Å²) in [6.45, 7) is 2.13. The van der Waals surface area contributed by atoms with Crippen molar-refractivity contribution in [2.45, 2.75) is 25.0 Å². The number of hydrogen-bond acceptors (Lipinski definition) is 7. The molecular weight excluding hydrogens is 396 g/mol. The summed E-state index contributed by atoms with van der Waals surface area (Å²) >= 11 is 1.03. The zero-order valence-corrected chi connectivity index (χ0v) is 17.5. The number of fused-ring (bicyclic) bond motifs is 1. The molecule has 10 heteroatoms. The number of rotatable bonds is 9. The number of nitrogens with one attached hydrogen (secondary N) is 1. The molecule has 0 radical (unpaired) electrons. The number of esters is 1. The van der Waals surface area contributed by atoms with Crippen molar-refractivity contribution in [2.75, 3.05) is 33.0 Å². The molecule has 1 aromatic heterocycles. The molecule has 2 amide bonds. The number of carbonyl (C=O) groups excluding carboxylic acids is 3. The molecule has 0 aliphatic rings. The molecule has 2 aromatic rings. The minimum absolute atomic E-state index is 0.0382. The smallest absolute Gasteiger partial charge is 0.325 e. The topological polar surface area (TPSA) is 111 Å². The first-order valence-electron chi connectivity index (χ1n) is 9.07. The molecule has 0 spiro atoms. The number of nitrogens with zero attached hydrogens (tertiary/aromatic N) is 3. The van der Waals surface area contributed by atoms with Crippen LogP contribution in [0.3, 0.4) is 0 Å². The largest absolute Gasteiger partial charge is 0.468 e. The fourth-order valence-corrected chi connectivity index (χ4v) is 3.39. The summed E-state index contributed by atoms with van der Waals surface area (Å²) in [4.78, 5) is 54.4. The lowest BCUT2D eigenvalue weighted by Crippen LogP contribution is -2.39. The van der Waals surface area contributed by atoms with Crippen molar-refractivity contribution in [1.82, 2.24) is 19.8 Å². The molecule has 1 aromatic carbocycles. The standard InChI is InChI=1S/C19H24N4O5S/c1-4-9-20-15(24)10-22(2)16(25)12-29-19-21-14-8-6-5-7-13(14)18(27)23(19)11-17(26)28-3/h5-8H,4,9-12H2,1-3H3,(H,20,24). The third kappa shape index (κ3) is 6.05. The van der Waals surface area contributed by atoms with E-state index in [9.17, 15) is 19.2 Å². The van der Waals surface area contributed by atoms with E-state index in [-0.39, 0.29) is 41.4 Å². The van der Waals surface area contributed by atoms with Gasteiger partial charge in [0.05, 0.1) is 30.3 Å². The number of benzene rings is 1. The van der Waals surface area contributed by atoms with Gasteiger partial charge in [0.2, 0.25) is 11.8 Å². The number of para-hydroxylation sites is 1. The van der Waals surface area contributed by atoms with Crippen LogP contribution in [-0.2, 0) is 25.7 Å². The highest BCUT2D eigenvalue weighted by Gasteiger charge is 2.18. The van der Waals surface area contributed by atoms with Crippen LogP contribution in [0.2, 0.25) is 0 Å². The predicted octanol–water partition coefficient (Wildman–Crippen LogP) is 0.646. The van der Waals surface area contributed by atoms with Crippen molar-refractivity contribution in [1.29, 1.82) is 0 Å². The van der Waals surface area contributed by atoms with Crippen LogP contribution >= 0.6 is 11.8 Å². The van der Waals surface area contributed by atoms with Gasteiger partial charge < -0.3 is 15.0 Å². The van der Waals surface area contributed by atoms with E-state index in [4.69, 9.17) is 0 Å². The first-order chi connectivity index (χ1) is 13.9. The van der Waals surface area contributed by atoms with E-state index in [2.05, 4.69) is 15.0 Å². The summed E-state index contributed by atoms with van der Waals surface area (Å²) < 4.78 is 5.86. The van der Waals surface area contributed by atoms with Gasteiger partial charge in [-0.1, -0.05) is 30.8 Å². The maximum atomic E-state index is 12.8. The fourth-order valence-electron chi connectivity index (χ4n) is 2.45. The van der Waals surface area contributed by atoms with Gasteiger partial charge in [0, 0.05) is 13.6 Å². The second-order valence-corrected chi connectivity index (χ2v) is 7.21. The highest BCUT2D eigenvalue weighted by Crippen LogP contribution is 2.18. The van der Waals surface area contributed by atoms with Crippen molar-refractivity contribution in [3.05, 3.63) is 34.6 Å². The molecule has 0 saturated carbocycles. The van der Waals surface area contributed by atoms with Crippen molar-refractivity contribution in [2.24, 2.45) is 0 Å². The van der Waals surface area contributed by atoms with Crippen molar-refractivity contribution in [3.63, 3.8) is 0 Å². The van der Waals surface area contributed by atoms with E-state index in [1.807, 2.05) is 6.92 Å². The van der Waals surface area contributed by atoms with Gasteiger partial charge in [-0.15, -0.1) is 0 Å².